The lowest BCUT2D eigenvalue weighted by Crippen LogP contribution is -2.15. The number of aryl methyl sites for hydroxylation is 1. The molecule has 0 atom stereocenters. The number of amides is 1. The van der Waals surface area contributed by atoms with Gasteiger partial charge in [-0.2, -0.15) is 5.26 Å². The van der Waals surface area contributed by atoms with E-state index >= 15 is 0 Å². The van der Waals surface area contributed by atoms with Crippen LogP contribution in [0.1, 0.15) is 11.1 Å². The molecule has 1 heterocycles. The second kappa shape index (κ2) is 11.9. The van der Waals surface area contributed by atoms with Crippen LogP contribution in [0.5, 0.6) is 5.75 Å². The van der Waals surface area contributed by atoms with Crippen LogP contribution in [-0.2, 0) is 24.2 Å². The van der Waals surface area contributed by atoms with E-state index in [1.165, 1.54) is 17.3 Å². The van der Waals surface area contributed by atoms with E-state index in [9.17, 15) is 4.79 Å². The molecule has 0 unspecified atom stereocenters. The summed E-state index contributed by atoms with van der Waals surface area (Å²) in [5.74, 6) is 1.59. The Morgan fingerprint density at radius 1 is 1.00 bits per heavy atom. The van der Waals surface area contributed by atoms with Crippen LogP contribution in [0.4, 0.5) is 5.69 Å². The number of anilines is 1. The summed E-state index contributed by atoms with van der Waals surface area (Å²) in [5.41, 5.74) is 3.76. The van der Waals surface area contributed by atoms with E-state index in [0.29, 0.717) is 23.8 Å². The third-order valence-corrected chi connectivity index (χ3v) is 6.35. The van der Waals surface area contributed by atoms with E-state index in [-0.39, 0.29) is 11.7 Å². The first-order valence-corrected chi connectivity index (χ1v) is 12.1. The number of hydrogen-bond donors (Lipinski definition) is 1. The van der Waals surface area contributed by atoms with E-state index in [0.717, 1.165) is 29.1 Å². The Balaban J connectivity index is 1.47. The van der Waals surface area contributed by atoms with Gasteiger partial charge in [-0.25, -0.2) is 0 Å². The maximum absolute atomic E-state index is 12.6. The van der Waals surface area contributed by atoms with E-state index in [1.807, 2.05) is 54.6 Å². The van der Waals surface area contributed by atoms with Gasteiger partial charge in [0.25, 0.3) is 0 Å². The average Bonchev–Trinajstić information content (AvgIpc) is 3.31. The smallest absolute Gasteiger partial charge is 0.234 e. The van der Waals surface area contributed by atoms with Crippen LogP contribution in [0.3, 0.4) is 0 Å². The molecule has 4 rings (SSSR count). The highest BCUT2D eigenvalue weighted by molar-refractivity contribution is 7.99. The summed E-state index contributed by atoms with van der Waals surface area (Å²) in [6, 6.07) is 27.4. The minimum atomic E-state index is -0.133. The number of nitrogens with one attached hydrogen (secondary N) is 1. The molecule has 0 aliphatic carbocycles. The standard InChI is InChI=1S/C27H25N5O2S/c1-34-24-13-9-22(10-14-24)26-30-31-27(32(26)18-16-20-5-3-2-4-6-20)35-19-25(33)29-23-11-7-21(8-12-23)15-17-28/h2-14H,15-16,18-19H2,1H3,(H,29,33). The van der Waals surface area contributed by atoms with Crippen molar-refractivity contribution in [2.45, 2.75) is 24.5 Å². The van der Waals surface area contributed by atoms with Crippen molar-refractivity contribution in [3.63, 3.8) is 0 Å². The molecular weight excluding hydrogens is 458 g/mol. The topological polar surface area (TPSA) is 92.8 Å². The van der Waals surface area contributed by atoms with Gasteiger partial charge in [0, 0.05) is 17.8 Å². The van der Waals surface area contributed by atoms with Crippen molar-refractivity contribution in [1.29, 1.82) is 5.26 Å². The Hall–Kier alpha value is -4.09. The quantitative estimate of drug-likeness (QED) is 0.319. The molecule has 8 heteroatoms. The van der Waals surface area contributed by atoms with Crippen LogP contribution < -0.4 is 10.1 Å². The summed E-state index contributed by atoms with van der Waals surface area (Å²) < 4.78 is 7.33. The summed E-state index contributed by atoms with van der Waals surface area (Å²) in [7, 11) is 1.64. The number of methoxy groups -OCH3 is 1. The lowest BCUT2D eigenvalue weighted by atomic mass is 10.1. The van der Waals surface area contributed by atoms with Gasteiger partial charge in [0.15, 0.2) is 11.0 Å². The fraction of sp³-hybridized carbons (Fsp3) is 0.185. The Kier molecular flexibility index (Phi) is 8.15. The number of aromatic nitrogens is 3. The molecule has 0 aliphatic rings. The van der Waals surface area contributed by atoms with Crippen molar-refractivity contribution >= 4 is 23.4 Å². The van der Waals surface area contributed by atoms with Crippen molar-refractivity contribution in [2.24, 2.45) is 0 Å². The second-order valence-electron chi connectivity index (χ2n) is 7.79. The van der Waals surface area contributed by atoms with Crippen LogP contribution in [-0.4, -0.2) is 33.5 Å². The van der Waals surface area contributed by atoms with Crippen LogP contribution in [0.15, 0.2) is 84.0 Å². The largest absolute Gasteiger partial charge is 0.497 e. The molecule has 176 valence electrons. The number of carbonyl (C=O) groups excluding carboxylic acids is 1. The van der Waals surface area contributed by atoms with Gasteiger partial charge in [-0.05, 0) is 53.9 Å². The molecule has 0 bridgehead atoms. The van der Waals surface area contributed by atoms with E-state index in [4.69, 9.17) is 10.00 Å². The summed E-state index contributed by atoms with van der Waals surface area (Å²) >= 11 is 1.35. The average molecular weight is 484 g/mol. The highest BCUT2D eigenvalue weighted by Crippen LogP contribution is 2.26. The van der Waals surface area contributed by atoms with Crippen LogP contribution in [0, 0.1) is 11.3 Å². The minimum Gasteiger partial charge on any atom is -0.497 e. The summed E-state index contributed by atoms with van der Waals surface area (Å²) in [5, 5.41) is 21.2. The minimum absolute atomic E-state index is 0.133. The van der Waals surface area contributed by atoms with Gasteiger partial charge in [-0.3, -0.25) is 4.79 Å². The Morgan fingerprint density at radius 2 is 1.74 bits per heavy atom. The zero-order valence-electron chi connectivity index (χ0n) is 19.3. The number of carbonyl (C=O) groups is 1. The third-order valence-electron chi connectivity index (χ3n) is 5.39. The predicted molar refractivity (Wildman–Crippen MR) is 137 cm³/mol. The third kappa shape index (κ3) is 6.49. The molecular formula is C27H25N5O2S. The molecule has 3 aromatic carbocycles. The summed E-state index contributed by atoms with van der Waals surface area (Å²) in [4.78, 5) is 12.6. The van der Waals surface area contributed by atoms with Crippen molar-refractivity contribution in [1.82, 2.24) is 14.8 Å². The Bertz CT molecular complexity index is 1300. The maximum Gasteiger partial charge on any atom is 0.234 e. The predicted octanol–water partition coefficient (Wildman–Crippen LogP) is 4.99. The molecule has 1 N–H and O–H groups in total. The highest BCUT2D eigenvalue weighted by Gasteiger charge is 2.16. The summed E-state index contributed by atoms with van der Waals surface area (Å²) in [6.07, 6.45) is 1.16. The van der Waals surface area contributed by atoms with Gasteiger partial charge in [0.2, 0.25) is 5.91 Å². The highest BCUT2D eigenvalue weighted by atomic mass is 32.2. The zero-order valence-corrected chi connectivity index (χ0v) is 20.2. The molecule has 0 aliphatic heterocycles. The number of thioether (sulfide) groups is 1. The molecule has 4 aromatic rings. The fourth-order valence-corrected chi connectivity index (χ4v) is 4.33. The molecule has 0 spiro atoms. The molecule has 0 saturated carbocycles. The van der Waals surface area contributed by atoms with Gasteiger partial charge >= 0.3 is 0 Å². The number of nitrogens with zero attached hydrogens (tertiary/aromatic N) is 4. The Morgan fingerprint density at radius 3 is 2.43 bits per heavy atom. The van der Waals surface area contributed by atoms with E-state index in [2.05, 4.69) is 38.3 Å². The molecule has 0 fully saturated rings. The number of rotatable bonds is 10. The van der Waals surface area contributed by atoms with Gasteiger partial charge in [0.1, 0.15) is 5.75 Å². The van der Waals surface area contributed by atoms with Gasteiger partial charge < -0.3 is 14.6 Å². The van der Waals surface area contributed by atoms with Crippen LogP contribution in [0.2, 0.25) is 0 Å². The molecule has 1 aromatic heterocycles. The lowest BCUT2D eigenvalue weighted by molar-refractivity contribution is -0.113. The zero-order chi connectivity index (χ0) is 24.5. The number of nitriles is 1. The fourth-order valence-electron chi connectivity index (χ4n) is 3.56. The number of benzene rings is 3. The SMILES string of the molecule is COc1ccc(-c2nnc(SCC(=O)Nc3ccc(CC#N)cc3)n2CCc2ccccc2)cc1. The van der Waals surface area contributed by atoms with E-state index < -0.39 is 0 Å². The maximum atomic E-state index is 12.6. The van der Waals surface area contributed by atoms with Gasteiger partial charge in [-0.1, -0.05) is 54.2 Å². The molecule has 0 radical (unpaired) electrons. The monoisotopic (exact) mass is 483 g/mol. The first-order chi connectivity index (χ1) is 17.2. The van der Waals surface area contributed by atoms with Crippen molar-refractivity contribution in [3.05, 3.63) is 90.0 Å². The van der Waals surface area contributed by atoms with Gasteiger partial charge in [-0.15, -0.1) is 10.2 Å². The lowest BCUT2D eigenvalue weighted by Gasteiger charge is -2.11. The first kappa shape index (κ1) is 24.0. The second-order valence-corrected chi connectivity index (χ2v) is 8.73. The summed E-state index contributed by atoms with van der Waals surface area (Å²) in [6.45, 7) is 0.683. The normalized spacial score (nSPS) is 10.5. The van der Waals surface area contributed by atoms with Crippen molar-refractivity contribution in [3.8, 4) is 23.2 Å². The number of ether oxygens (including phenoxy) is 1. The van der Waals surface area contributed by atoms with Crippen LogP contribution in [0.25, 0.3) is 11.4 Å². The van der Waals surface area contributed by atoms with Crippen molar-refractivity contribution < 1.29 is 9.53 Å². The Labute approximate surface area is 208 Å². The van der Waals surface area contributed by atoms with Crippen molar-refractivity contribution in [2.75, 3.05) is 18.2 Å². The first-order valence-electron chi connectivity index (χ1n) is 11.2. The number of hydrogen-bond acceptors (Lipinski definition) is 6. The molecule has 35 heavy (non-hydrogen) atoms. The van der Waals surface area contributed by atoms with E-state index in [1.54, 1.807) is 19.2 Å². The molecule has 1 amide bonds. The molecule has 7 nitrogen and oxygen atoms in total. The van der Waals surface area contributed by atoms with Gasteiger partial charge in [0.05, 0.1) is 25.4 Å². The molecule has 0 saturated heterocycles. The van der Waals surface area contributed by atoms with Crippen LogP contribution >= 0.6 is 11.8 Å².